The van der Waals surface area contributed by atoms with Crippen LogP contribution in [-0.2, 0) is 4.79 Å². The van der Waals surface area contributed by atoms with Gasteiger partial charge in [-0.25, -0.2) is 0 Å². The standard InChI is InChI=1S/C26H35N3O2.C2H6/c1-20-4-8-24(9-5-20)29-14-12-23(13-15-29)22-6-10-25(11-7-22)31-19-18-28-17-16-27(3)26(30)21(28)2;1-2/h4-11,21,23H,12-19H2,1-3H3;1-2H3. The third-order valence-electron chi connectivity index (χ3n) is 6.90. The second-order valence-corrected chi connectivity index (χ2v) is 8.99. The Bertz CT molecular complexity index is 858. The Labute approximate surface area is 200 Å². The first-order chi connectivity index (χ1) is 16.0. The van der Waals surface area contributed by atoms with Crippen LogP contribution in [0.4, 0.5) is 5.69 Å². The molecule has 0 saturated carbocycles. The molecule has 2 aromatic carbocycles. The van der Waals surface area contributed by atoms with Crippen LogP contribution in [0.5, 0.6) is 5.75 Å². The Balaban J connectivity index is 0.00000149. The van der Waals surface area contributed by atoms with Crippen molar-refractivity contribution in [2.75, 3.05) is 51.3 Å². The molecule has 2 heterocycles. The number of nitrogens with zero attached hydrogens (tertiary/aromatic N) is 3. The average Bonchev–Trinajstić information content (AvgIpc) is 2.86. The molecule has 180 valence electrons. The van der Waals surface area contributed by atoms with Gasteiger partial charge in [-0.05, 0) is 62.4 Å². The summed E-state index contributed by atoms with van der Waals surface area (Å²) in [4.78, 5) is 18.6. The first-order valence-electron chi connectivity index (χ1n) is 12.5. The summed E-state index contributed by atoms with van der Waals surface area (Å²) in [7, 11) is 1.88. The summed E-state index contributed by atoms with van der Waals surface area (Å²) in [5, 5.41) is 0. The van der Waals surface area contributed by atoms with Gasteiger partial charge >= 0.3 is 0 Å². The smallest absolute Gasteiger partial charge is 0.239 e. The Kier molecular flexibility index (Phi) is 9.19. The molecule has 0 N–H and O–H groups in total. The lowest BCUT2D eigenvalue weighted by molar-refractivity contribution is -0.139. The molecule has 33 heavy (non-hydrogen) atoms. The van der Waals surface area contributed by atoms with Crippen LogP contribution in [0.15, 0.2) is 48.5 Å². The van der Waals surface area contributed by atoms with Crippen molar-refractivity contribution in [3.8, 4) is 5.75 Å². The zero-order valence-corrected chi connectivity index (χ0v) is 21.1. The van der Waals surface area contributed by atoms with Crippen molar-refractivity contribution >= 4 is 11.6 Å². The van der Waals surface area contributed by atoms with E-state index in [1.165, 1.54) is 29.7 Å². The number of anilines is 1. The second kappa shape index (κ2) is 12.1. The molecule has 0 radical (unpaired) electrons. The summed E-state index contributed by atoms with van der Waals surface area (Å²) in [6, 6.07) is 17.5. The molecular formula is C28H41N3O2. The van der Waals surface area contributed by atoms with Crippen molar-refractivity contribution < 1.29 is 9.53 Å². The van der Waals surface area contributed by atoms with Gasteiger partial charge in [0.1, 0.15) is 12.4 Å². The van der Waals surface area contributed by atoms with E-state index >= 15 is 0 Å². The van der Waals surface area contributed by atoms with Gasteiger partial charge in [0.05, 0.1) is 6.04 Å². The first kappa shape index (κ1) is 25.1. The molecule has 5 heteroatoms. The lowest BCUT2D eigenvalue weighted by atomic mass is 9.89. The minimum atomic E-state index is -0.0597. The van der Waals surface area contributed by atoms with Crippen LogP contribution >= 0.6 is 0 Å². The maximum Gasteiger partial charge on any atom is 0.239 e. The number of benzene rings is 2. The van der Waals surface area contributed by atoms with Gasteiger partial charge in [0.2, 0.25) is 5.91 Å². The average molecular weight is 452 g/mol. The van der Waals surface area contributed by atoms with Crippen LogP contribution in [0, 0.1) is 6.92 Å². The minimum absolute atomic E-state index is 0.0597. The number of amides is 1. The van der Waals surface area contributed by atoms with E-state index in [0.29, 0.717) is 12.5 Å². The SMILES string of the molecule is CC.Cc1ccc(N2CCC(c3ccc(OCCN4CCN(C)C(=O)C4C)cc3)CC2)cc1. The van der Waals surface area contributed by atoms with Crippen molar-refractivity contribution in [2.45, 2.75) is 52.5 Å². The largest absolute Gasteiger partial charge is 0.492 e. The molecule has 5 nitrogen and oxygen atoms in total. The number of likely N-dealkylation sites (N-methyl/N-ethyl adjacent to an activating group) is 1. The van der Waals surface area contributed by atoms with E-state index in [4.69, 9.17) is 4.74 Å². The van der Waals surface area contributed by atoms with Crippen molar-refractivity contribution in [2.24, 2.45) is 0 Å². The van der Waals surface area contributed by atoms with Crippen LogP contribution in [0.3, 0.4) is 0 Å². The number of carbonyl (C=O) groups is 1. The van der Waals surface area contributed by atoms with E-state index < -0.39 is 0 Å². The molecule has 0 aliphatic carbocycles. The van der Waals surface area contributed by atoms with Gasteiger partial charge in [-0.3, -0.25) is 9.69 Å². The number of hydrogen-bond acceptors (Lipinski definition) is 4. The molecule has 1 amide bonds. The topological polar surface area (TPSA) is 36.0 Å². The number of piperazine rings is 1. The Morgan fingerprint density at radius 1 is 0.909 bits per heavy atom. The molecular weight excluding hydrogens is 410 g/mol. The zero-order chi connectivity index (χ0) is 23.8. The van der Waals surface area contributed by atoms with E-state index in [1.54, 1.807) is 0 Å². The van der Waals surface area contributed by atoms with E-state index in [0.717, 1.165) is 38.5 Å². The molecule has 0 bridgehead atoms. The minimum Gasteiger partial charge on any atom is -0.492 e. The number of ether oxygens (including phenoxy) is 1. The molecule has 0 aromatic heterocycles. The summed E-state index contributed by atoms with van der Waals surface area (Å²) in [5.41, 5.74) is 4.06. The van der Waals surface area contributed by atoms with Gasteiger partial charge in [-0.15, -0.1) is 0 Å². The van der Waals surface area contributed by atoms with Gasteiger partial charge < -0.3 is 14.5 Å². The lowest BCUT2D eigenvalue weighted by Crippen LogP contribution is -2.55. The lowest BCUT2D eigenvalue weighted by Gasteiger charge is -2.37. The maximum absolute atomic E-state index is 12.1. The van der Waals surface area contributed by atoms with Gasteiger partial charge in [0.15, 0.2) is 0 Å². The first-order valence-corrected chi connectivity index (χ1v) is 12.5. The maximum atomic E-state index is 12.1. The third kappa shape index (κ3) is 6.50. The van der Waals surface area contributed by atoms with Crippen molar-refractivity contribution in [1.82, 2.24) is 9.80 Å². The molecule has 2 aliphatic rings. The molecule has 1 atom stereocenters. The highest BCUT2D eigenvalue weighted by molar-refractivity contribution is 5.81. The van der Waals surface area contributed by atoms with Gasteiger partial charge in [0, 0.05) is 45.5 Å². The van der Waals surface area contributed by atoms with Crippen LogP contribution in [-0.4, -0.2) is 68.1 Å². The summed E-state index contributed by atoms with van der Waals surface area (Å²) in [6.07, 6.45) is 2.37. The van der Waals surface area contributed by atoms with Gasteiger partial charge in [-0.1, -0.05) is 43.7 Å². The normalized spacial score (nSPS) is 19.8. The van der Waals surface area contributed by atoms with Gasteiger partial charge in [0.25, 0.3) is 0 Å². The highest BCUT2D eigenvalue weighted by Gasteiger charge is 2.28. The predicted octanol–water partition coefficient (Wildman–Crippen LogP) is 4.95. The quantitative estimate of drug-likeness (QED) is 0.623. The highest BCUT2D eigenvalue weighted by atomic mass is 16.5. The molecule has 2 aliphatic heterocycles. The fourth-order valence-electron chi connectivity index (χ4n) is 4.71. The number of hydrogen-bond donors (Lipinski definition) is 0. The summed E-state index contributed by atoms with van der Waals surface area (Å²) in [6.45, 7) is 13.4. The Hall–Kier alpha value is -2.53. The second-order valence-electron chi connectivity index (χ2n) is 8.99. The number of rotatable bonds is 6. The number of aryl methyl sites for hydroxylation is 1. The fourth-order valence-corrected chi connectivity index (χ4v) is 4.71. The molecule has 2 fully saturated rings. The monoisotopic (exact) mass is 451 g/mol. The highest BCUT2D eigenvalue weighted by Crippen LogP contribution is 2.31. The van der Waals surface area contributed by atoms with E-state index in [9.17, 15) is 4.79 Å². The molecule has 2 saturated heterocycles. The Morgan fingerprint density at radius 2 is 1.55 bits per heavy atom. The van der Waals surface area contributed by atoms with Crippen LogP contribution in [0.2, 0.25) is 0 Å². The molecule has 1 unspecified atom stereocenters. The van der Waals surface area contributed by atoms with Crippen molar-refractivity contribution in [1.29, 1.82) is 0 Å². The number of carbonyl (C=O) groups excluding carboxylic acids is 1. The van der Waals surface area contributed by atoms with E-state index in [1.807, 2.05) is 32.7 Å². The molecule has 2 aromatic rings. The third-order valence-corrected chi connectivity index (χ3v) is 6.90. The fraction of sp³-hybridized carbons (Fsp3) is 0.536. The molecule has 4 rings (SSSR count). The van der Waals surface area contributed by atoms with Crippen LogP contribution < -0.4 is 9.64 Å². The van der Waals surface area contributed by atoms with E-state index in [2.05, 4.69) is 65.3 Å². The van der Waals surface area contributed by atoms with Crippen LogP contribution in [0.1, 0.15) is 50.7 Å². The van der Waals surface area contributed by atoms with Crippen molar-refractivity contribution in [3.63, 3.8) is 0 Å². The number of piperidine rings is 1. The Morgan fingerprint density at radius 3 is 2.18 bits per heavy atom. The van der Waals surface area contributed by atoms with Crippen LogP contribution in [0.25, 0.3) is 0 Å². The van der Waals surface area contributed by atoms with E-state index in [-0.39, 0.29) is 11.9 Å². The molecule has 0 spiro atoms. The summed E-state index contributed by atoms with van der Waals surface area (Å²) in [5.74, 6) is 1.73. The zero-order valence-electron chi connectivity index (χ0n) is 21.1. The van der Waals surface area contributed by atoms with Crippen molar-refractivity contribution in [3.05, 3.63) is 59.7 Å². The summed E-state index contributed by atoms with van der Waals surface area (Å²) < 4.78 is 5.97. The predicted molar refractivity (Wildman–Crippen MR) is 137 cm³/mol. The van der Waals surface area contributed by atoms with Gasteiger partial charge in [-0.2, -0.15) is 0 Å². The summed E-state index contributed by atoms with van der Waals surface area (Å²) >= 11 is 0.